The molecule has 14 heavy (non-hydrogen) atoms. The van der Waals surface area contributed by atoms with E-state index < -0.39 is 0 Å². The number of likely N-dealkylation sites (N-methyl/N-ethyl adjacent to an activating group) is 1. The predicted octanol–water partition coefficient (Wildman–Crippen LogP) is -0.157. The average Bonchev–Trinajstić information content (AvgIpc) is 2.23. The summed E-state index contributed by atoms with van der Waals surface area (Å²) in [5.41, 5.74) is 0. The number of hydrogen-bond acceptors (Lipinski definition) is 3. The number of amides is 1. The Labute approximate surface area is 84.6 Å². The molecule has 0 aliphatic carbocycles. The number of rotatable bonds is 1. The summed E-state index contributed by atoms with van der Waals surface area (Å²) in [6, 6.07) is 0. The van der Waals surface area contributed by atoms with Gasteiger partial charge < -0.3 is 15.0 Å². The Morgan fingerprint density at radius 3 is 2.79 bits per heavy atom. The first-order valence-corrected chi connectivity index (χ1v) is 5.33. The summed E-state index contributed by atoms with van der Waals surface area (Å²) < 4.78 is 5.58. The molecule has 0 saturated carbocycles. The lowest BCUT2D eigenvalue weighted by molar-refractivity contribution is -0.150. The van der Waals surface area contributed by atoms with Gasteiger partial charge in [-0.2, -0.15) is 0 Å². The van der Waals surface area contributed by atoms with Gasteiger partial charge in [0.1, 0.15) is 6.61 Å². The number of carbonyl (C=O) groups is 1. The third-order valence-corrected chi connectivity index (χ3v) is 3.21. The lowest BCUT2D eigenvalue weighted by Gasteiger charge is -2.36. The second kappa shape index (κ2) is 4.28. The highest BCUT2D eigenvalue weighted by atomic mass is 16.5. The molecule has 4 nitrogen and oxygen atoms in total. The van der Waals surface area contributed by atoms with Crippen LogP contribution in [0.2, 0.25) is 0 Å². The largest absolute Gasteiger partial charge is 0.366 e. The van der Waals surface area contributed by atoms with Crippen LogP contribution < -0.4 is 5.32 Å². The van der Waals surface area contributed by atoms with Crippen molar-refractivity contribution in [1.82, 2.24) is 10.2 Å². The maximum absolute atomic E-state index is 11.2. The summed E-state index contributed by atoms with van der Waals surface area (Å²) in [6.07, 6.45) is 2.61. The summed E-state index contributed by atoms with van der Waals surface area (Å²) >= 11 is 0. The van der Waals surface area contributed by atoms with E-state index in [1.165, 1.54) is 12.8 Å². The van der Waals surface area contributed by atoms with E-state index in [4.69, 9.17) is 4.74 Å². The molecule has 0 aromatic carbocycles. The van der Waals surface area contributed by atoms with Gasteiger partial charge in [0, 0.05) is 13.6 Å². The molecule has 2 rings (SSSR count). The van der Waals surface area contributed by atoms with E-state index in [1.807, 2.05) is 7.05 Å². The summed E-state index contributed by atoms with van der Waals surface area (Å²) in [6.45, 7) is 3.21. The quantitative estimate of drug-likeness (QED) is 0.637. The molecule has 0 aromatic rings. The fraction of sp³-hybridized carbons (Fsp3) is 0.900. The van der Waals surface area contributed by atoms with Crippen molar-refractivity contribution in [1.29, 1.82) is 0 Å². The summed E-state index contributed by atoms with van der Waals surface area (Å²) in [5.74, 6) is 0.738. The smallest absolute Gasteiger partial charge is 0.248 e. The topological polar surface area (TPSA) is 41.6 Å². The lowest BCUT2D eigenvalue weighted by atomic mass is 9.91. The number of morpholine rings is 1. The van der Waals surface area contributed by atoms with Crippen molar-refractivity contribution in [2.24, 2.45) is 5.92 Å². The van der Waals surface area contributed by atoms with E-state index >= 15 is 0 Å². The van der Waals surface area contributed by atoms with Crippen molar-refractivity contribution in [2.75, 3.05) is 33.3 Å². The Hall–Kier alpha value is -0.610. The molecule has 2 aliphatic heterocycles. The zero-order valence-corrected chi connectivity index (χ0v) is 8.66. The maximum atomic E-state index is 11.2. The first kappa shape index (κ1) is 9.93. The fourth-order valence-corrected chi connectivity index (χ4v) is 2.21. The van der Waals surface area contributed by atoms with Crippen molar-refractivity contribution in [2.45, 2.75) is 18.9 Å². The second-order valence-electron chi connectivity index (χ2n) is 4.21. The van der Waals surface area contributed by atoms with E-state index in [1.54, 1.807) is 4.90 Å². The molecule has 0 unspecified atom stereocenters. The Bertz CT molecular complexity index is 214. The molecular formula is C10H18N2O2. The Morgan fingerprint density at radius 2 is 2.14 bits per heavy atom. The normalized spacial score (nSPS) is 30.8. The summed E-state index contributed by atoms with van der Waals surface area (Å²) in [5, 5.41) is 3.34. The zero-order valence-electron chi connectivity index (χ0n) is 8.66. The molecule has 2 saturated heterocycles. The van der Waals surface area contributed by atoms with Gasteiger partial charge in [-0.25, -0.2) is 0 Å². The number of hydrogen-bond donors (Lipinski definition) is 1. The van der Waals surface area contributed by atoms with Gasteiger partial charge in [0.25, 0.3) is 0 Å². The van der Waals surface area contributed by atoms with E-state index in [0.29, 0.717) is 5.92 Å². The van der Waals surface area contributed by atoms with Gasteiger partial charge >= 0.3 is 0 Å². The monoisotopic (exact) mass is 198 g/mol. The van der Waals surface area contributed by atoms with Crippen molar-refractivity contribution in [3.05, 3.63) is 0 Å². The van der Waals surface area contributed by atoms with Crippen LogP contribution in [0.15, 0.2) is 0 Å². The first-order valence-electron chi connectivity index (χ1n) is 5.33. The molecule has 1 atom stereocenters. The maximum Gasteiger partial charge on any atom is 0.248 e. The first-order chi connectivity index (χ1) is 6.77. The molecule has 0 radical (unpaired) electrons. The molecule has 4 heteroatoms. The van der Waals surface area contributed by atoms with Crippen LogP contribution in [0.4, 0.5) is 0 Å². The number of carbonyl (C=O) groups excluding carboxylic acids is 1. The van der Waals surface area contributed by atoms with Gasteiger partial charge in [-0.15, -0.1) is 0 Å². The molecular weight excluding hydrogens is 180 g/mol. The van der Waals surface area contributed by atoms with Crippen LogP contribution in [0.25, 0.3) is 0 Å². The van der Waals surface area contributed by atoms with Crippen molar-refractivity contribution in [3.63, 3.8) is 0 Å². The number of nitrogens with one attached hydrogen (secondary N) is 1. The number of nitrogens with zero attached hydrogens (tertiary/aromatic N) is 1. The van der Waals surface area contributed by atoms with Gasteiger partial charge in [-0.1, -0.05) is 0 Å². The molecule has 0 spiro atoms. The zero-order chi connectivity index (χ0) is 9.97. The van der Waals surface area contributed by atoms with E-state index in [0.717, 1.165) is 19.6 Å². The Balaban J connectivity index is 1.88. The highest BCUT2D eigenvalue weighted by Gasteiger charge is 2.30. The van der Waals surface area contributed by atoms with Gasteiger partial charge in [0.05, 0.1) is 6.10 Å². The highest BCUT2D eigenvalue weighted by molar-refractivity contribution is 5.77. The van der Waals surface area contributed by atoms with E-state index in [2.05, 4.69) is 5.32 Å². The standard InChI is InChI=1S/C10H18N2O2/c1-12-6-9(14-7-10(12)13)8-2-4-11-5-3-8/h8-9,11H,2-7H2,1H3/t9-/m1/s1. The molecule has 1 amide bonds. The lowest BCUT2D eigenvalue weighted by Crippen LogP contribution is -2.49. The molecule has 1 N–H and O–H groups in total. The molecule has 0 aromatic heterocycles. The van der Waals surface area contributed by atoms with E-state index in [9.17, 15) is 4.79 Å². The molecule has 80 valence electrons. The minimum atomic E-state index is 0.107. The van der Waals surface area contributed by atoms with Crippen LogP contribution >= 0.6 is 0 Å². The molecule has 2 aliphatic rings. The Kier molecular flexibility index (Phi) is 3.03. The second-order valence-corrected chi connectivity index (χ2v) is 4.21. The minimum absolute atomic E-state index is 0.107. The predicted molar refractivity (Wildman–Crippen MR) is 53.0 cm³/mol. The molecule has 2 heterocycles. The Morgan fingerprint density at radius 1 is 1.43 bits per heavy atom. The van der Waals surface area contributed by atoms with Crippen LogP contribution in [-0.2, 0) is 9.53 Å². The van der Waals surface area contributed by atoms with Crippen LogP contribution in [0, 0.1) is 5.92 Å². The average molecular weight is 198 g/mol. The summed E-state index contributed by atoms with van der Waals surface area (Å²) in [4.78, 5) is 13.0. The van der Waals surface area contributed by atoms with Crippen LogP contribution in [-0.4, -0.2) is 50.2 Å². The van der Waals surface area contributed by atoms with Crippen LogP contribution in [0.3, 0.4) is 0 Å². The SMILES string of the molecule is CN1C[C@H](C2CCNCC2)OCC1=O. The third kappa shape index (κ3) is 2.07. The van der Waals surface area contributed by atoms with Crippen molar-refractivity contribution < 1.29 is 9.53 Å². The van der Waals surface area contributed by atoms with Crippen molar-refractivity contribution >= 4 is 5.91 Å². The number of ether oxygens (including phenoxy) is 1. The van der Waals surface area contributed by atoms with Crippen molar-refractivity contribution in [3.8, 4) is 0 Å². The van der Waals surface area contributed by atoms with E-state index in [-0.39, 0.29) is 18.6 Å². The highest BCUT2D eigenvalue weighted by Crippen LogP contribution is 2.21. The summed E-state index contributed by atoms with van der Waals surface area (Å²) in [7, 11) is 1.86. The molecule has 2 fully saturated rings. The molecule has 0 bridgehead atoms. The van der Waals surface area contributed by atoms with Gasteiger partial charge in [-0.05, 0) is 31.8 Å². The minimum Gasteiger partial charge on any atom is -0.366 e. The number of piperidine rings is 1. The fourth-order valence-electron chi connectivity index (χ4n) is 2.21. The van der Waals surface area contributed by atoms with Gasteiger partial charge in [-0.3, -0.25) is 4.79 Å². The van der Waals surface area contributed by atoms with Gasteiger partial charge in [0.15, 0.2) is 0 Å². The third-order valence-electron chi connectivity index (χ3n) is 3.21. The van der Waals surface area contributed by atoms with Crippen LogP contribution in [0.1, 0.15) is 12.8 Å². The van der Waals surface area contributed by atoms with Gasteiger partial charge in [0.2, 0.25) is 5.91 Å². The van der Waals surface area contributed by atoms with Crippen LogP contribution in [0.5, 0.6) is 0 Å².